The number of halogens is 1. The van der Waals surface area contributed by atoms with Crippen LogP contribution in [0, 0.1) is 0 Å². The van der Waals surface area contributed by atoms with Crippen molar-refractivity contribution >= 4 is 21.7 Å². The first-order valence-corrected chi connectivity index (χ1v) is 5.43. The first-order chi connectivity index (χ1) is 6.83. The number of carbonyl (C=O) groups excluding carboxylic acids is 1. The summed E-state index contributed by atoms with van der Waals surface area (Å²) in [7, 11) is 0. The lowest BCUT2D eigenvalue weighted by atomic mass is 10.1. The number of Topliss-reactive ketones (excluding diaryl/α,β-unsaturated/α-hetero) is 1. The van der Waals surface area contributed by atoms with Crippen molar-refractivity contribution in [3.05, 3.63) is 23.8 Å². The van der Waals surface area contributed by atoms with E-state index in [2.05, 4.69) is 15.9 Å². The summed E-state index contributed by atoms with van der Waals surface area (Å²) in [6.07, 6.45) is 0. The third-order valence-electron chi connectivity index (χ3n) is 1.99. The average molecular weight is 257 g/mol. The van der Waals surface area contributed by atoms with Gasteiger partial charge in [0.05, 0.1) is 10.9 Å². The lowest BCUT2D eigenvalue weighted by Crippen LogP contribution is -2.18. The molecular formula is C10H9BrO3. The van der Waals surface area contributed by atoms with E-state index in [4.69, 9.17) is 9.47 Å². The molecule has 0 saturated carbocycles. The lowest BCUT2D eigenvalue weighted by molar-refractivity contribution is 0.101. The van der Waals surface area contributed by atoms with Crippen LogP contribution in [-0.2, 0) is 0 Å². The number of ketones is 1. The minimum absolute atomic E-state index is 0.00681. The average Bonchev–Trinajstić information content (AvgIpc) is 2.27. The number of ether oxygens (including phenoxy) is 2. The van der Waals surface area contributed by atoms with Crippen molar-refractivity contribution in [3.63, 3.8) is 0 Å². The zero-order valence-electron chi connectivity index (χ0n) is 7.46. The topological polar surface area (TPSA) is 35.5 Å². The van der Waals surface area contributed by atoms with Gasteiger partial charge in [-0.3, -0.25) is 4.79 Å². The van der Waals surface area contributed by atoms with Crippen LogP contribution in [0.4, 0.5) is 0 Å². The molecule has 0 fully saturated rings. The van der Waals surface area contributed by atoms with E-state index in [9.17, 15) is 4.79 Å². The highest BCUT2D eigenvalue weighted by Gasteiger charge is 2.19. The van der Waals surface area contributed by atoms with E-state index < -0.39 is 0 Å². The summed E-state index contributed by atoms with van der Waals surface area (Å²) in [6, 6.07) is 5.35. The van der Waals surface area contributed by atoms with Crippen LogP contribution in [0.15, 0.2) is 18.2 Å². The Morgan fingerprint density at radius 3 is 2.93 bits per heavy atom. The molecule has 0 radical (unpaired) electrons. The predicted molar refractivity (Wildman–Crippen MR) is 55.6 cm³/mol. The smallest absolute Gasteiger partial charge is 0.177 e. The molecule has 1 aromatic carbocycles. The molecule has 4 heteroatoms. The highest BCUT2D eigenvalue weighted by molar-refractivity contribution is 9.09. The quantitative estimate of drug-likeness (QED) is 0.600. The molecule has 0 spiro atoms. The lowest BCUT2D eigenvalue weighted by Gasteiger charge is -2.20. The fourth-order valence-electron chi connectivity index (χ4n) is 1.37. The zero-order valence-corrected chi connectivity index (χ0v) is 9.04. The Bertz CT molecular complexity index is 362. The number of rotatable bonds is 2. The Labute approximate surface area is 90.1 Å². The second kappa shape index (κ2) is 4.00. The number of hydrogen-bond donors (Lipinski definition) is 0. The fourth-order valence-corrected chi connectivity index (χ4v) is 1.67. The minimum atomic E-state index is 0.00681. The van der Waals surface area contributed by atoms with Crippen molar-refractivity contribution in [1.29, 1.82) is 0 Å². The second-order valence-corrected chi connectivity index (χ2v) is 3.45. The van der Waals surface area contributed by atoms with E-state index in [-0.39, 0.29) is 5.78 Å². The minimum Gasteiger partial charge on any atom is -0.486 e. The van der Waals surface area contributed by atoms with Gasteiger partial charge in [0.25, 0.3) is 0 Å². The van der Waals surface area contributed by atoms with Crippen LogP contribution in [0.25, 0.3) is 0 Å². The molecule has 0 N–H and O–H groups in total. The maximum Gasteiger partial charge on any atom is 0.177 e. The summed E-state index contributed by atoms with van der Waals surface area (Å²) < 4.78 is 10.8. The van der Waals surface area contributed by atoms with Crippen LogP contribution in [0.3, 0.4) is 0 Å². The Morgan fingerprint density at radius 1 is 1.36 bits per heavy atom. The van der Waals surface area contributed by atoms with Gasteiger partial charge in [-0.2, -0.15) is 0 Å². The molecule has 1 aliphatic heterocycles. The third kappa shape index (κ3) is 1.62. The Morgan fingerprint density at radius 2 is 2.14 bits per heavy atom. The molecule has 1 heterocycles. The predicted octanol–water partition coefficient (Wildman–Crippen LogP) is 2.04. The van der Waals surface area contributed by atoms with E-state index in [1.165, 1.54) is 0 Å². The summed E-state index contributed by atoms with van der Waals surface area (Å²) in [5.41, 5.74) is 0.582. The van der Waals surface area contributed by atoms with Crippen LogP contribution in [-0.4, -0.2) is 24.3 Å². The normalized spacial score (nSPS) is 13.8. The van der Waals surface area contributed by atoms with E-state index in [0.29, 0.717) is 35.6 Å². The van der Waals surface area contributed by atoms with Crippen molar-refractivity contribution < 1.29 is 14.3 Å². The van der Waals surface area contributed by atoms with E-state index in [1.54, 1.807) is 18.2 Å². The first kappa shape index (κ1) is 9.52. The first-order valence-electron chi connectivity index (χ1n) is 4.30. The van der Waals surface area contributed by atoms with Crippen LogP contribution < -0.4 is 9.47 Å². The van der Waals surface area contributed by atoms with Crippen molar-refractivity contribution in [3.8, 4) is 11.5 Å². The van der Waals surface area contributed by atoms with Crippen molar-refractivity contribution in [1.82, 2.24) is 0 Å². The van der Waals surface area contributed by atoms with Gasteiger partial charge < -0.3 is 9.47 Å². The van der Waals surface area contributed by atoms with Gasteiger partial charge in [-0.15, -0.1) is 0 Å². The molecule has 14 heavy (non-hydrogen) atoms. The van der Waals surface area contributed by atoms with Gasteiger partial charge >= 0.3 is 0 Å². The molecule has 0 aliphatic carbocycles. The van der Waals surface area contributed by atoms with Crippen LogP contribution >= 0.6 is 15.9 Å². The summed E-state index contributed by atoms with van der Waals surface area (Å²) >= 11 is 3.13. The summed E-state index contributed by atoms with van der Waals surface area (Å²) in [6.45, 7) is 1.04. The molecule has 3 nitrogen and oxygen atoms in total. The SMILES string of the molecule is O=C(CBr)c1cccc2c1OCCO2. The molecule has 1 aromatic rings. The molecule has 1 aliphatic rings. The molecule has 0 unspecified atom stereocenters. The number of para-hydroxylation sites is 1. The molecule has 2 rings (SSSR count). The van der Waals surface area contributed by atoms with E-state index >= 15 is 0 Å². The molecule has 74 valence electrons. The van der Waals surface area contributed by atoms with E-state index in [0.717, 1.165) is 0 Å². The maximum absolute atomic E-state index is 11.5. The van der Waals surface area contributed by atoms with Gasteiger partial charge in [0.2, 0.25) is 0 Å². The Hall–Kier alpha value is -1.03. The third-order valence-corrected chi connectivity index (χ3v) is 2.50. The van der Waals surface area contributed by atoms with Crippen LogP contribution in [0.1, 0.15) is 10.4 Å². The monoisotopic (exact) mass is 256 g/mol. The number of alkyl halides is 1. The largest absolute Gasteiger partial charge is 0.486 e. The summed E-state index contributed by atoms with van der Waals surface area (Å²) in [5.74, 6) is 1.23. The van der Waals surface area contributed by atoms with Crippen LogP contribution in [0.2, 0.25) is 0 Å². The fraction of sp³-hybridized carbons (Fsp3) is 0.300. The van der Waals surface area contributed by atoms with Crippen LogP contribution in [0.5, 0.6) is 11.5 Å². The van der Waals surface area contributed by atoms with Gasteiger partial charge in [-0.05, 0) is 12.1 Å². The maximum atomic E-state index is 11.5. The van der Waals surface area contributed by atoms with Crippen molar-refractivity contribution in [2.24, 2.45) is 0 Å². The molecule has 0 aromatic heterocycles. The molecule has 0 saturated heterocycles. The Balaban J connectivity index is 2.45. The zero-order chi connectivity index (χ0) is 9.97. The Kier molecular flexibility index (Phi) is 2.72. The number of benzene rings is 1. The molecule has 0 atom stereocenters. The highest BCUT2D eigenvalue weighted by Crippen LogP contribution is 2.33. The number of hydrogen-bond acceptors (Lipinski definition) is 3. The van der Waals surface area contributed by atoms with Gasteiger partial charge in [-0.25, -0.2) is 0 Å². The van der Waals surface area contributed by atoms with Crippen molar-refractivity contribution in [2.75, 3.05) is 18.5 Å². The summed E-state index contributed by atoms with van der Waals surface area (Å²) in [5, 5.41) is 0.298. The molecule has 0 amide bonds. The summed E-state index contributed by atoms with van der Waals surface area (Å²) in [4.78, 5) is 11.5. The van der Waals surface area contributed by atoms with Gasteiger partial charge in [0.15, 0.2) is 17.3 Å². The van der Waals surface area contributed by atoms with Gasteiger partial charge in [-0.1, -0.05) is 22.0 Å². The van der Waals surface area contributed by atoms with Gasteiger partial charge in [0.1, 0.15) is 13.2 Å². The molecular weight excluding hydrogens is 248 g/mol. The standard InChI is InChI=1S/C10H9BrO3/c11-6-8(12)7-2-1-3-9-10(7)14-5-4-13-9/h1-3H,4-6H2. The molecule has 0 bridgehead atoms. The second-order valence-electron chi connectivity index (χ2n) is 2.89. The van der Waals surface area contributed by atoms with E-state index in [1.807, 2.05) is 0 Å². The highest BCUT2D eigenvalue weighted by atomic mass is 79.9. The van der Waals surface area contributed by atoms with Crippen molar-refractivity contribution in [2.45, 2.75) is 0 Å². The number of carbonyl (C=O) groups is 1. The van der Waals surface area contributed by atoms with Gasteiger partial charge in [0, 0.05) is 0 Å². The number of fused-ring (bicyclic) bond motifs is 1.